The van der Waals surface area contributed by atoms with Crippen LogP contribution in [-0.4, -0.2) is 35.5 Å². The number of pyridine rings is 1. The summed E-state index contributed by atoms with van der Waals surface area (Å²) in [5.74, 6) is 0.379. The molecule has 0 radical (unpaired) electrons. The zero-order valence-corrected chi connectivity index (χ0v) is 16.8. The summed E-state index contributed by atoms with van der Waals surface area (Å²) < 4.78 is 24.4. The van der Waals surface area contributed by atoms with Gasteiger partial charge in [-0.05, 0) is 42.5 Å². The van der Waals surface area contributed by atoms with Crippen molar-refractivity contribution in [1.82, 2.24) is 15.0 Å². The van der Waals surface area contributed by atoms with Gasteiger partial charge in [0.2, 0.25) is 0 Å². The van der Waals surface area contributed by atoms with Gasteiger partial charge in [0.15, 0.2) is 9.84 Å². The summed E-state index contributed by atoms with van der Waals surface area (Å²) in [5.41, 5.74) is 1.74. The van der Waals surface area contributed by atoms with Gasteiger partial charge in [-0.2, -0.15) is 0 Å². The topological polar surface area (TPSA) is 105 Å². The fraction of sp³-hybridized carbons (Fsp3) is 0.0500. The molecular weight excluding hydrogens is 412 g/mol. The predicted molar refractivity (Wildman–Crippen MR) is 112 cm³/mol. The molecular formula is C20H15ClN4O3S. The summed E-state index contributed by atoms with van der Waals surface area (Å²) in [5, 5.41) is 3.03. The lowest BCUT2D eigenvalue weighted by atomic mass is 10.1. The third-order valence-electron chi connectivity index (χ3n) is 4.26. The third-order valence-corrected chi connectivity index (χ3v) is 5.63. The van der Waals surface area contributed by atoms with Gasteiger partial charge in [-0.3, -0.25) is 4.79 Å². The molecule has 7 nitrogen and oxygen atoms in total. The lowest BCUT2D eigenvalue weighted by Gasteiger charge is -2.06. The molecule has 0 saturated carbocycles. The summed E-state index contributed by atoms with van der Waals surface area (Å²) in [6, 6.07) is 14.9. The van der Waals surface area contributed by atoms with E-state index in [0.29, 0.717) is 38.8 Å². The smallest absolute Gasteiger partial charge is 0.259 e. The summed E-state index contributed by atoms with van der Waals surface area (Å²) >= 11 is 5.98. The minimum absolute atomic E-state index is 0.0588. The molecule has 4 aromatic rings. The number of carbonyl (C=O) groups is 1. The van der Waals surface area contributed by atoms with Gasteiger partial charge in [0, 0.05) is 23.0 Å². The zero-order valence-electron chi connectivity index (χ0n) is 15.2. The molecule has 0 aliphatic rings. The highest BCUT2D eigenvalue weighted by atomic mass is 35.5. The van der Waals surface area contributed by atoms with E-state index in [1.807, 2.05) is 0 Å². The fourth-order valence-corrected chi connectivity index (χ4v) is 4.10. The van der Waals surface area contributed by atoms with E-state index in [-0.39, 0.29) is 10.8 Å². The number of hydrogen-bond acceptors (Lipinski definition) is 5. The van der Waals surface area contributed by atoms with Crippen LogP contribution in [0.5, 0.6) is 0 Å². The molecule has 0 atom stereocenters. The number of fused-ring (bicyclic) bond motifs is 1. The van der Waals surface area contributed by atoms with Gasteiger partial charge in [0.05, 0.1) is 16.0 Å². The number of hydrogen-bond donors (Lipinski definition) is 2. The van der Waals surface area contributed by atoms with Crippen molar-refractivity contribution in [3.63, 3.8) is 0 Å². The van der Waals surface area contributed by atoms with E-state index in [4.69, 9.17) is 11.6 Å². The maximum absolute atomic E-state index is 12.7. The molecule has 0 fully saturated rings. The molecule has 0 spiro atoms. The molecule has 0 saturated heterocycles. The Balaban J connectivity index is 1.81. The number of para-hydroxylation sites is 1. The first kappa shape index (κ1) is 19.1. The Labute approximate surface area is 171 Å². The maximum Gasteiger partial charge on any atom is 0.259 e. The van der Waals surface area contributed by atoms with Crippen molar-refractivity contribution in [1.29, 1.82) is 0 Å². The molecule has 9 heteroatoms. The van der Waals surface area contributed by atoms with Crippen LogP contribution in [0.4, 0.5) is 5.82 Å². The van der Waals surface area contributed by atoms with Crippen LogP contribution in [0.1, 0.15) is 10.4 Å². The lowest BCUT2D eigenvalue weighted by molar-refractivity contribution is 0.102. The van der Waals surface area contributed by atoms with Gasteiger partial charge in [0.25, 0.3) is 5.91 Å². The van der Waals surface area contributed by atoms with Gasteiger partial charge in [0.1, 0.15) is 17.2 Å². The second-order valence-corrected chi connectivity index (χ2v) is 8.79. The largest absolute Gasteiger partial charge is 0.338 e. The summed E-state index contributed by atoms with van der Waals surface area (Å²) in [7, 11) is -3.54. The molecule has 146 valence electrons. The molecule has 0 bridgehead atoms. The van der Waals surface area contributed by atoms with Crippen molar-refractivity contribution in [2.75, 3.05) is 11.6 Å². The Bertz CT molecular complexity index is 1330. The fourth-order valence-electron chi connectivity index (χ4n) is 2.96. The molecule has 0 unspecified atom stereocenters. The molecule has 1 amide bonds. The van der Waals surface area contributed by atoms with Gasteiger partial charge < -0.3 is 10.3 Å². The van der Waals surface area contributed by atoms with Crippen molar-refractivity contribution in [3.05, 3.63) is 71.4 Å². The van der Waals surface area contributed by atoms with Crippen molar-refractivity contribution in [2.45, 2.75) is 4.90 Å². The number of aromatic amines is 1. The molecule has 2 aromatic carbocycles. The van der Waals surface area contributed by atoms with Crippen LogP contribution in [0.15, 0.2) is 65.7 Å². The first-order valence-electron chi connectivity index (χ1n) is 8.54. The average molecular weight is 427 g/mol. The first-order valence-corrected chi connectivity index (χ1v) is 10.8. The number of anilines is 1. The number of amides is 1. The van der Waals surface area contributed by atoms with E-state index in [9.17, 15) is 13.2 Å². The summed E-state index contributed by atoms with van der Waals surface area (Å²) in [6.45, 7) is 0. The van der Waals surface area contributed by atoms with E-state index < -0.39 is 9.84 Å². The Morgan fingerprint density at radius 3 is 2.66 bits per heavy atom. The van der Waals surface area contributed by atoms with Crippen LogP contribution in [0.3, 0.4) is 0 Å². The molecule has 2 aromatic heterocycles. The van der Waals surface area contributed by atoms with Crippen LogP contribution in [0.2, 0.25) is 5.02 Å². The Morgan fingerprint density at radius 2 is 1.93 bits per heavy atom. The number of aromatic nitrogens is 3. The number of benzene rings is 2. The Morgan fingerprint density at radius 1 is 1.10 bits per heavy atom. The van der Waals surface area contributed by atoms with E-state index in [1.54, 1.807) is 54.7 Å². The molecule has 29 heavy (non-hydrogen) atoms. The average Bonchev–Trinajstić information content (AvgIpc) is 3.12. The minimum atomic E-state index is -3.54. The minimum Gasteiger partial charge on any atom is -0.338 e. The number of sulfone groups is 1. The first-order chi connectivity index (χ1) is 13.8. The van der Waals surface area contributed by atoms with Crippen LogP contribution in [0.25, 0.3) is 22.4 Å². The zero-order chi connectivity index (χ0) is 20.6. The number of H-pyrrole nitrogens is 1. The van der Waals surface area contributed by atoms with Gasteiger partial charge in [-0.15, -0.1) is 0 Å². The highest BCUT2D eigenvalue weighted by molar-refractivity contribution is 7.90. The predicted octanol–water partition coefficient (Wildman–Crippen LogP) is 3.93. The van der Waals surface area contributed by atoms with Crippen molar-refractivity contribution in [3.8, 4) is 11.4 Å². The van der Waals surface area contributed by atoms with E-state index in [2.05, 4.69) is 20.3 Å². The van der Waals surface area contributed by atoms with Crippen LogP contribution in [-0.2, 0) is 9.84 Å². The highest BCUT2D eigenvalue weighted by Gasteiger charge is 2.20. The normalized spacial score (nSPS) is 11.5. The van der Waals surface area contributed by atoms with Gasteiger partial charge in [-0.1, -0.05) is 23.7 Å². The second kappa shape index (κ2) is 7.31. The van der Waals surface area contributed by atoms with Crippen molar-refractivity contribution in [2.24, 2.45) is 0 Å². The number of nitrogens with one attached hydrogen (secondary N) is 2. The molecule has 0 aliphatic heterocycles. The van der Waals surface area contributed by atoms with Crippen LogP contribution in [0, 0.1) is 0 Å². The number of halogens is 1. The molecule has 2 N–H and O–H groups in total. The number of rotatable bonds is 4. The lowest BCUT2D eigenvalue weighted by Crippen LogP contribution is -2.13. The van der Waals surface area contributed by atoms with Gasteiger partial charge >= 0.3 is 0 Å². The van der Waals surface area contributed by atoms with Crippen LogP contribution < -0.4 is 5.32 Å². The van der Waals surface area contributed by atoms with E-state index >= 15 is 0 Å². The monoisotopic (exact) mass is 426 g/mol. The van der Waals surface area contributed by atoms with Crippen molar-refractivity contribution < 1.29 is 13.2 Å². The quantitative estimate of drug-likeness (QED) is 0.514. The second-order valence-electron chi connectivity index (χ2n) is 6.37. The SMILES string of the molecule is CS(=O)(=O)c1cc(Cl)ccc1-c1nc2c(C(=O)Nc3ccccn3)cccc2[nH]1. The van der Waals surface area contributed by atoms with Gasteiger partial charge in [-0.25, -0.2) is 18.4 Å². The molecule has 2 heterocycles. The van der Waals surface area contributed by atoms with E-state index in [0.717, 1.165) is 6.26 Å². The Kier molecular flexibility index (Phi) is 4.81. The third kappa shape index (κ3) is 3.85. The van der Waals surface area contributed by atoms with E-state index in [1.165, 1.54) is 6.07 Å². The summed E-state index contributed by atoms with van der Waals surface area (Å²) in [4.78, 5) is 24.5. The number of nitrogens with zero attached hydrogens (tertiary/aromatic N) is 2. The summed E-state index contributed by atoms with van der Waals surface area (Å²) in [6.07, 6.45) is 2.69. The molecule has 0 aliphatic carbocycles. The number of imidazole rings is 1. The number of carbonyl (C=O) groups excluding carboxylic acids is 1. The van der Waals surface area contributed by atoms with Crippen molar-refractivity contribution >= 4 is 44.2 Å². The maximum atomic E-state index is 12.7. The standard InChI is InChI=1S/C20H15ClN4O3S/c1-29(27,28)16-11-12(21)8-9-13(16)19-23-15-6-4-5-14(18(15)25-19)20(26)24-17-7-2-3-10-22-17/h2-11H,1H3,(H,23,25)(H,22,24,26). The Hall–Kier alpha value is -3.23. The highest BCUT2D eigenvalue weighted by Crippen LogP contribution is 2.30. The molecule has 4 rings (SSSR count). The van der Waals surface area contributed by atoms with Crippen LogP contribution >= 0.6 is 11.6 Å².